The molecule has 168 valence electrons. The largest absolute Gasteiger partial charge is 0.348 e. The number of amides is 1. The van der Waals surface area contributed by atoms with Crippen LogP contribution in [0.3, 0.4) is 0 Å². The smallest absolute Gasteiger partial charge is 0.234 e. The van der Waals surface area contributed by atoms with E-state index in [4.69, 9.17) is 0 Å². The van der Waals surface area contributed by atoms with Crippen LogP contribution in [0.5, 0.6) is 0 Å². The lowest BCUT2D eigenvalue weighted by Crippen LogP contribution is -2.38. The van der Waals surface area contributed by atoms with Crippen LogP contribution in [-0.2, 0) is 4.79 Å². The molecule has 1 N–H and O–H groups in total. The number of nitrogens with one attached hydrogen (secondary N) is 1. The summed E-state index contributed by atoms with van der Waals surface area (Å²) < 4.78 is 28.2. The molecule has 0 saturated carbocycles. The third-order valence-electron chi connectivity index (χ3n) is 5.76. The molecule has 2 atom stereocenters. The molecule has 6 heteroatoms. The van der Waals surface area contributed by atoms with Crippen molar-refractivity contribution in [1.29, 1.82) is 0 Å². The van der Waals surface area contributed by atoms with Crippen molar-refractivity contribution in [3.05, 3.63) is 114 Å². The number of carbonyl (C=O) groups excluding carboxylic acids is 1. The zero-order valence-corrected chi connectivity index (χ0v) is 18.5. The van der Waals surface area contributed by atoms with Crippen molar-refractivity contribution in [1.82, 2.24) is 15.2 Å². The number of fused-ring (bicyclic) bond motifs is 1. The first kappa shape index (κ1) is 22.6. The van der Waals surface area contributed by atoms with Gasteiger partial charge in [-0.25, -0.2) is 8.78 Å². The summed E-state index contributed by atoms with van der Waals surface area (Å²) in [6.45, 7) is 1.96. The summed E-state index contributed by atoms with van der Waals surface area (Å²) in [5, 5.41) is 5.24. The molecule has 0 bridgehead atoms. The van der Waals surface area contributed by atoms with Crippen LogP contribution in [0.25, 0.3) is 10.8 Å². The zero-order chi connectivity index (χ0) is 23.4. The minimum atomic E-state index is -0.666. The lowest BCUT2D eigenvalue weighted by Gasteiger charge is -2.29. The van der Waals surface area contributed by atoms with Crippen LogP contribution < -0.4 is 5.32 Å². The van der Waals surface area contributed by atoms with Crippen molar-refractivity contribution in [2.24, 2.45) is 0 Å². The molecule has 0 radical (unpaired) electrons. The highest BCUT2D eigenvalue weighted by molar-refractivity contribution is 5.87. The second-order valence-electron chi connectivity index (χ2n) is 8.13. The number of halogens is 2. The average molecular weight is 446 g/mol. The van der Waals surface area contributed by atoms with Crippen LogP contribution in [0.2, 0.25) is 0 Å². The molecule has 4 rings (SSSR count). The highest BCUT2D eigenvalue weighted by atomic mass is 19.1. The first-order valence-corrected chi connectivity index (χ1v) is 10.8. The van der Waals surface area contributed by atoms with E-state index in [0.717, 1.165) is 22.4 Å². The van der Waals surface area contributed by atoms with E-state index in [2.05, 4.69) is 10.3 Å². The predicted octanol–water partition coefficient (Wildman–Crippen LogP) is 5.41. The van der Waals surface area contributed by atoms with Gasteiger partial charge >= 0.3 is 0 Å². The van der Waals surface area contributed by atoms with Crippen molar-refractivity contribution < 1.29 is 13.6 Å². The lowest BCUT2D eigenvalue weighted by molar-refractivity contribution is -0.122. The van der Waals surface area contributed by atoms with E-state index in [1.54, 1.807) is 30.4 Å². The van der Waals surface area contributed by atoms with Crippen LogP contribution >= 0.6 is 0 Å². The molecule has 1 aromatic heterocycles. The molecule has 1 heterocycles. The van der Waals surface area contributed by atoms with E-state index in [0.29, 0.717) is 5.56 Å². The number of benzene rings is 3. The molecular formula is C27H25F2N3O. The fourth-order valence-corrected chi connectivity index (χ4v) is 4.24. The quantitative estimate of drug-likeness (QED) is 0.414. The summed E-state index contributed by atoms with van der Waals surface area (Å²) in [7, 11) is 1.74. The van der Waals surface area contributed by atoms with Gasteiger partial charge in [0.25, 0.3) is 0 Å². The maximum atomic E-state index is 14.7. The van der Waals surface area contributed by atoms with Gasteiger partial charge < -0.3 is 5.32 Å². The Balaban J connectivity index is 1.55. The van der Waals surface area contributed by atoms with Gasteiger partial charge in [-0.1, -0.05) is 54.6 Å². The number of carbonyl (C=O) groups is 1. The van der Waals surface area contributed by atoms with Crippen LogP contribution in [-0.4, -0.2) is 29.4 Å². The summed E-state index contributed by atoms with van der Waals surface area (Å²) in [5.41, 5.74) is 2.01. The lowest BCUT2D eigenvalue weighted by atomic mass is 9.98. The Bertz CT molecular complexity index is 1260. The molecule has 0 saturated heterocycles. The van der Waals surface area contributed by atoms with Gasteiger partial charge in [-0.3, -0.25) is 14.7 Å². The van der Waals surface area contributed by atoms with E-state index >= 15 is 0 Å². The maximum absolute atomic E-state index is 14.7. The second kappa shape index (κ2) is 9.88. The predicted molar refractivity (Wildman–Crippen MR) is 126 cm³/mol. The molecular weight excluding hydrogens is 420 g/mol. The molecule has 3 aromatic carbocycles. The Kier molecular flexibility index (Phi) is 6.75. The number of hydrogen-bond donors (Lipinski definition) is 1. The summed E-state index contributed by atoms with van der Waals surface area (Å²) in [5.74, 6) is -1.51. The van der Waals surface area contributed by atoms with Crippen LogP contribution in [0.4, 0.5) is 8.78 Å². The fraction of sp³-hybridized carbons (Fsp3) is 0.185. The highest BCUT2D eigenvalue weighted by Crippen LogP contribution is 2.30. The standard InChI is InChI=1S/C27H25F2N3O/c1-18(22-11-5-8-19-7-3-4-10-23(19)22)31-26(33)17-32(2)27(20-9-6-14-30-16-20)24-13-12-21(28)15-25(24)29/h3-16,18,27H,17H2,1-2H3,(H,31,33). The topological polar surface area (TPSA) is 45.2 Å². The highest BCUT2D eigenvalue weighted by Gasteiger charge is 2.25. The van der Waals surface area contributed by atoms with E-state index < -0.39 is 17.7 Å². The van der Waals surface area contributed by atoms with Crippen LogP contribution in [0, 0.1) is 11.6 Å². The number of pyridine rings is 1. The third-order valence-corrected chi connectivity index (χ3v) is 5.76. The summed E-state index contributed by atoms with van der Waals surface area (Å²) in [6, 6.07) is 20.3. The number of likely N-dealkylation sites (N-methyl/N-ethyl adjacent to an activating group) is 1. The molecule has 0 aliphatic heterocycles. The van der Waals surface area contributed by atoms with Gasteiger partial charge in [0.15, 0.2) is 0 Å². The van der Waals surface area contributed by atoms with Gasteiger partial charge in [0.05, 0.1) is 18.6 Å². The zero-order valence-electron chi connectivity index (χ0n) is 18.5. The first-order valence-electron chi connectivity index (χ1n) is 10.8. The SMILES string of the molecule is CC(NC(=O)CN(C)C(c1cccnc1)c1ccc(F)cc1F)c1cccc2ccccc12. The number of hydrogen-bond acceptors (Lipinski definition) is 3. The third kappa shape index (κ3) is 5.07. The Morgan fingerprint density at radius 2 is 1.79 bits per heavy atom. The van der Waals surface area contributed by atoms with Crippen LogP contribution in [0.1, 0.15) is 35.7 Å². The van der Waals surface area contributed by atoms with Crippen molar-refractivity contribution in [2.45, 2.75) is 19.0 Å². The van der Waals surface area contributed by atoms with Gasteiger partial charge in [0, 0.05) is 24.0 Å². The van der Waals surface area contributed by atoms with Gasteiger partial charge in [-0.05, 0) is 48.0 Å². The number of rotatable bonds is 7. The average Bonchev–Trinajstić information content (AvgIpc) is 2.81. The van der Waals surface area contributed by atoms with E-state index in [1.165, 1.54) is 12.1 Å². The second-order valence-corrected chi connectivity index (χ2v) is 8.13. The minimum absolute atomic E-state index is 0.0193. The molecule has 0 spiro atoms. The number of nitrogens with zero attached hydrogens (tertiary/aromatic N) is 2. The molecule has 0 aliphatic carbocycles. The van der Waals surface area contributed by atoms with Crippen molar-refractivity contribution in [3.63, 3.8) is 0 Å². The van der Waals surface area contributed by atoms with Crippen molar-refractivity contribution in [2.75, 3.05) is 13.6 Å². The van der Waals surface area contributed by atoms with Gasteiger partial charge in [-0.2, -0.15) is 0 Å². The Labute approximate surface area is 191 Å². The summed E-state index contributed by atoms with van der Waals surface area (Å²) in [6.07, 6.45) is 3.25. The monoisotopic (exact) mass is 445 g/mol. The van der Waals surface area contributed by atoms with E-state index in [9.17, 15) is 13.6 Å². The Morgan fingerprint density at radius 1 is 1.00 bits per heavy atom. The molecule has 1 amide bonds. The Hall–Kier alpha value is -3.64. The van der Waals surface area contributed by atoms with Gasteiger partial charge in [0.1, 0.15) is 11.6 Å². The minimum Gasteiger partial charge on any atom is -0.348 e. The Morgan fingerprint density at radius 3 is 2.55 bits per heavy atom. The molecule has 4 nitrogen and oxygen atoms in total. The van der Waals surface area contributed by atoms with Crippen LogP contribution in [0.15, 0.2) is 85.2 Å². The van der Waals surface area contributed by atoms with Crippen molar-refractivity contribution >= 4 is 16.7 Å². The van der Waals surface area contributed by atoms with E-state index in [1.807, 2.05) is 55.5 Å². The summed E-state index contributed by atoms with van der Waals surface area (Å²) in [4.78, 5) is 18.8. The van der Waals surface area contributed by atoms with Gasteiger partial charge in [0.2, 0.25) is 5.91 Å². The molecule has 2 unspecified atom stereocenters. The van der Waals surface area contributed by atoms with E-state index in [-0.39, 0.29) is 24.1 Å². The first-order chi connectivity index (χ1) is 15.9. The maximum Gasteiger partial charge on any atom is 0.234 e. The number of aromatic nitrogens is 1. The van der Waals surface area contributed by atoms with Gasteiger partial charge in [-0.15, -0.1) is 0 Å². The summed E-state index contributed by atoms with van der Waals surface area (Å²) >= 11 is 0. The van der Waals surface area contributed by atoms with Crippen molar-refractivity contribution in [3.8, 4) is 0 Å². The molecule has 0 fully saturated rings. The normalized spacial score (nSPS) is 13.1. The fourth-order valence-electron chi connectivity index (χ4n) is 4.24. The molecule has 33 heavy (non-hydrogen) atoms. The molecule has 0 aliphatic rings. The molecule has 4 aromatic rings.